The van der Waals surface area contributed by atoms with Gasteiger partial charge in [0.2, 0.25) is 0 Å². The van der Waals surface area contributed by atoms with Gasteiger partial charge in [-0.1, -0.05) is 0 Å². The molecule has 0 aromatic carbocycles. The smallest absolute Gasteiger partial charge is 0.0593 e. The van der Waals surface area contributed by atoms with E-state index in [1.165, 1.54) is 10.4 Å². The van der Waals surface area contributed by atoms with Gasteiger partial charge in [0.15, 0.2) is 0 Å². The molecule has 1 aromatic rings. The molecule has 0 unspecified atom stereocenters. The van der Waals surface area contributed by atoms with Crippen LogP contribution in [0.5, 0.6) is 0 Å². The van der Waals surface area contributed by atoms with Crippen LogP contribution >= 0.6 is 11.3 Å². The van der Waals surface area contributed by atoms with E-state index in [0.29, 0.717) is 0 Å². The molecule has 1 aliphatic heterocycles. The zero-order chi connectivity index (χ0) is 11.8. The highest BCUT2D eigenvalue weighted by Gasteiger charge is 2.42. The van der Waals surface area contributed by atoms with Crippen molar-refractivity contribution in [1.29, 1.82) is 0 Å². The minimum atomic E-state index is -0.0756. The SMILES string of the molecule is Cc1ccsc1C1(CCC(C)(C)N)COC1. The maximum Gasteiger partial charge on any atom is 0.0593 e. The highest BCUT2D eigenvalue weighted by atomic mass is 32.1. The predicted octanol–water partition coefficient (Wildman–Crippen LogP) is 2.84. The van der Waals surface area contributed by atoms with Crippen molar-refractivity contribution in [2.45, 2.75) is 44.6 Å². The molecule has 16 heavy (non-hydrogen) atoms. The lowest BCUT2D eigenvalue weighted by atomic mass is 9.76. The van der Waals surface area contributed by atoms with Crippen LogP contribution in [0.25, 0.3) is 0 Å². The molecule has 1 fully saturated rings. The lowest BCUT2D eigenvalue weighted by Crippen LogP contribution is -2.48. The maximum atomic E-state index is 6.08. The summed E-state index contributed by atoms with van der Waals surface area (Å²) in [6, 6.07) is 2.20. The van der Waals surface area contributed by atoms with Gasteiger partial charge in [0.1, 0.15) is 0 Å². The number of hydrogen-bond donors (Lipinski definition) is 1. The first-order valence-corrected chi connectivity index (χ1v) is 6.72. The van der Waals surface area contributed by atoms with E-state index < -0.39 is 0 Å². The average Bonchev–Trinajstić information content (AvgIpc) is 2.49. The number of rotatable bonds is 4. The quantitative estimate of drug-likeness (QED) is 0.877. The van der Waals surface area contributed by atoms with Crippen LogP contribution in [0.15, 0.2) is 11.4 Å². The molecule has 2 N–H and O–H groups in total. The standard InChI is InChI=1S/C13H21NOS/c1-10-4-7-16-11(10)13(8-15-9-13)6-5-12(2,3)14/h4,7H,5-6,8-9,14H2,1-3H3. The summed E-state index contributed by atoms with van der Waals surface area (Å²) in [6.07, 6.45) is 2.19. The molecule has 90 valence electrons. The Morgan fingerprint density at radius 3 is 2.56 bits per heavy atom. The molecule has 0 radical (unpaired) electrons. The fraction of sp³-hybridized carbons (Fsp3) is 0.692. The molecule has 1 aromatic heterocycles. The topological polar surface area (TPSA) is 35.2 Å². The second-order valence-electron chi connectivity index (χ2n) is 5.69. The Labute approximate surface area is 102 Å². The molecular weight excluding hydrogens is 218 g/mol. The van der Waals surface area contributed by atoms with Crippen molar-refractivity contribution in [3.8, 4) is 0 Å². The van der Waals surface area contributed by atoms with Crippen LogP contribution in [0, 0.1) is 6.92 Å². The molecule has 0 saturated carbocycles. The van der Waals surface area contributed by atoms with E-state index in [-0.39, 0.29) is 11.0 Å². The van der Waals surface area contributed by atoms with E-state index in [1.54, 1.807) is 0 Å². The van der Waals surface area contributed by atoms with Gasteiger partial charge in [-0.15, -0.1) is 11.3 Å². The van der Waals surface area contributed by atoms with Gasteiger partial charge in [-0.3, -0.25) is 0 Å². The van der Waals surface area contributed by atoms with Gasteiger partial charge < -0.3 is 10.5 Å². The summed E-state index contributed by atoms with van der Waals surface area (Å²) in [6.45, 7) is 8.12. The summed E-state index contributed by atoms with van der Waals surface area (Å²) in [7, 11) is 0. The van der Waals surface area contributed by atoms with Crippen molar-refractivity contribution in [1.82, 2.24) is 0 Å². The highest BCUT2D eigenvalue weighted by molar-refractivity contribution is 7.10. The number of ether oxygens (including phenoxy) is 1. The molecule has 0 amide bonds. The van der Waals surface area contributed by atoms with Crippen LogP contribution < -0.4 is 5.73 Å². The minimum absolute atomic E-state index is 0.0756. The summed E-state index contributed by atoms with van der Waals surface area (Å²) in [5, 5.41) is 2.18. The van der Waals surface area contributed by atoms with Gasteiger partial charge >= 0.3 is 0 Å². The lowest BCUT2D eigenvalue weighted by Gasteiger charge is -2.43. The molecule has 0 aliphatic carbocycles. The van der Waals surface area contributed by atoms with E-state index in [0.717, 1.165) is 26.1 Å². The van der Waals surface area contributed by atoms with Crippen LogP contribution in [0.3, 0.4) is 0 Å². The fourth-order valence-electron chi connectivity index (χ4n) is 2.21. The monoisotopic (exact) mass is 239 g/mol. The first kappa shape index (κ1) is 12.1. The second-order valence-corrected chi connectivity index (χ2v) is 6.61. The summed E-state index contributed by atoms with van der Waals surface area (Å²) in [4.78, 5) is 1.50. The summed E-state index contributed by atoms with van der Waals surface area (Å²) < 4.78 is 5.45. The summed E-state index contributed by atoms with van der Waals surface area (Å²) in [5.74, 6) is 0. The van der Waals surface area contributed by atoms with Gasteiger partial charge in [0.05, 0.1) is 18.6 Å². The van der Waals surface area contributed by atoms with Gasteiger partial charge in [-0.25, -0.2) is 0 Å². The predicted molar refractivity (Wildman–Crippen MR) is 69.1 cm³/mol. The number of hydrogen-bond acceptors (Lipinski definition) is 3. The zero-order valence-corrected chi connectivity index (χ0v) is 11.2. The van der Waals surface area contributed by atoms with E-state index in [4.69, 9.17) is 10.5 Å². The maximum absolute atomic E-state index is 6.08. The van der Waals surface area contributed by atoms with Crippen molar-refractivity contribution in [2.24, 2.45) is 5.73 Å². The second kappa shape index (κ2) is 4.13. The first-order valence-electron chi connectivity index (χ1n) is 5.84. The van der Waals surface area contributed by atoms with Crippen molar-refractivity contribution in [3.63, 3.8) is 0 Å². The van der Waals surface area contributed by atoms with Crippen LogP contribution in [0.1, 0.15) is 37.1 Å². The molecule has 2 nitrogen and oxygen atoms in total. The average molecular weight is 239 g/mol. The van der Waals surface area contributed by atoms with E-state index in [2.05, 4.69) is 32.2 Å². The molecule has 0 bridgehead atoms. The third kappa shape index (κ3) is 2.31. The summed E-state index contributed by atoms with van der Waals surface area (Å²) >= 11 is 1.86. The number of aryl methyl sites for hydroxylation is 1. The Morgan fingerprint density at radius 1 is 1.50 bits per heavy atom. The Hall–Kier alpha value is -0.380. The van der Waals surface area contributed by atoms with Gasteiger partial charge in [0, 0.05) is 10.4 Å². The third-order valence-corrected chi connectivity index (χ3v) is 4.61. The largest absolute Gasteiger partial charge is 0.379 e. The Balaban J connectivity index is 2.12. The Kier molecular flexibility index (Phi) is 3.12. The van der Waals surface area contributed by atoms with Crippen LogP contribution in [-0.4, -0.2) is 18.8 Å². The highest BCUT2D eigenvalue weighted by Crippen LogP contribution is 2.42. The zero-order valence-electron chi connectivity index (χ0n) is 10.4. The Bertz CT molecular complexity index is 360. The van der Waals surface area contributed by atoms with Gasteiger partial charge in [0.25, 0.3) is 0 Å². The number of thiophene rings is 1. The first-order chi connectivity index (χ1) is 7.43. The lowest BCUT2D eigenvalue weighted by molar-refractivity contribution is -0.0653. The van der Waals surface area contributed by atoms with E-state index >= 15 is 0 Å². The number of nitrogens with two attached hydrogens (primary N) is 1. The molecule has 1 aliphatic rings. The summed E-state index contributed by atoms with van der Waals surface area (Å²) in [5.41, 5.74) is 7.66. The molecular formula is C13H21NOS. The minimum Gasteiger partial charge on any atom is -0.379 e. The fourth-order valence-corrected chi connectivity index (χ4v) is 3.35. The van der Waals surface area contributed by atoms with Crippen LogP contribution in [-0.2, 0) is 10.2 Å². The van der Waals surface area contributed by atoms with Crippen LogP contribution in [0.2, 0.25) is 0 Å². The van der Waals surface area contributed by atoms with Crippen molar-refractivity contribution in [2.75, 3.05) is 13.2 Å². The van der Waals surface area contributed by atoms with E-state index in [1.807, 2.05) is 11.3 Å². The molecule has 0 spiro atoms. The van der Waals surface area contributed by atoms with Crippen molar-refractivity contribution >= 4 is 11.3 Å². The molecule has 2 rings (SSSR count). The van der Waals surface area contributed by atoms with E-state index in [9.17, 15) is 0 Å². The Morgan fingerprint density at radius 2 is 2.19 bits per heavy atom. The molecule has 3 heteroatoms. The van der Waals surface area contributed by atoms with Crippen LogP contribution in [0.4, 0.5) is 0 Å². The van der Waals surface area contributed by atoms with Crippen molar-refractivity contribution < 1.29 is 4.74 Å². The normalized spacial score (nSPS) is 19.5. The molecule has 1 saturated heterocycles. The van der Waals surface area contributed by atoms with Crippen molar-refractivity contribution in [3.05, 3.63) is 21.9 Å². The molecule has 2 heterocycles. The third-order valence-electron chi connectivity index (χ3n) is 3.35. The molecule has 0 atom stereocenters. The van der Waals surface area contributed by atoms with Gasteiger partial charge in [-0.05, 0) is 50.6 Å². The van der Waals surface area contributed by atoms with Gasteiger partial charge in [-0.2, -0.15) is 0 Å².